The number of fused-ring (bicyclic) bond motifs is 1. The molecule has 6 heteroatoms. The van der Waals surface area contributed by atoms with E-state index in [4.69, 9.17) is 21.1 Å². The average molecular weight is 402 g/mol. The van der Waals surface area contributed by atoms with E-state index in [9.17, 15) is 9.59 Å². The SMILES string of the molecule is CC[C@@H](Oc1ccc2c(c1)CCCC2)C(=O)Nc1cc(C(=O)OC)ccc1Cl. The van der Waals surface area contributed by atoms with Crippen molar-refractivity contribution in [3.63, 3.8) is 0 Å². The smallest absolute Gasteiger partial charge is 0.337 e. The number of benzene rings is 2. The molecule has 5 nitrogen and oxygen atoms in total. The van der Waals surface area contributed by atoms with Gasteiger partial charge in [-0.1, -0.05) is 24.6 Å². The van der Waals surface area contributed by atoms with Crippen molar-refractivity contribution >= 4 is 29.2 Å². The van der Waals surface area contributed by atoms with Crippen LogP contribution < -0.4 is 10.1 Å². The van der Waals surface area contributed by atoms with Gasteiger partial charge in [-0.05, 0) is 73.6 Å². The van der Waals surface area contributed by atoms with Crippen LogP contribution in [0.25, 0.3) is 0 Å². The number of ether oxygens (including phenoxy) is 2. The summed E-state index contributed by atoms with van der Waals surface area (Å²) < 4.78 is 10.7. The molecule has 148 valence electrons. The number of methoxy groups -OCH3 is 1. The normalized spacial score (nSPS) is 14.0. The molecule has 0 spiro atoms. The number of rotatable bonds is 6. The Morgan fingerprint density at radius 2 is 1.86 bits per heavy atom. The molecule has 0 fully saturated rings. The van der Waals surface area contributed by atoms with Gasteiger partial charge < -0.3 is 14.8 Å². The molecular formula is C22H24ClNO4. The van der Waals surface area contributed by atoms with Crippen LogP contribution in [0.15, 0.2) is 36.4 Å². The van der Waals surface area contributed by atoms with Gasteiger partial charge in [0.15, 0.2) is 6.10 Å². The van der Waals surface area contributed by atoms with Gasteiger partial charge in [-0.15, -0.1) is 0 Å². The van der Waals surface area contributed by atoms with E-state index in [1.165, 1.54) is 37.1 Å². The maximum absolute atomic E-state index is 12.7. The topological polar surface area (TPSA) is 64.6 Å². The van der Waals surface area contributed by atoms with Crippen molar-refractivity contribution in [3.05, 3.63) is 58.1 Å². The number of hydrogen-bond acceptors (Lipinski definition) is 4. The van der Waals surface area contributed by atoms with Crippen molar-refractivity contribution in [2.75, 3.05) is 12.4 Å². The van der Waals surface area contributed by atoms with Crippen molar-refractivity contribution < 1.29 is 19.1 Å². The average Bonchev–Trinajstić information content (AvgIpc) is 2.72. The van der Waals surface area contributed by atoms with Crippen LogP contribution >= 0.6 is 11.6 Å². The Morgan fingerprint density at radius 3 is 2.57 bits per heavy atom. The number of esters is 1. The Hall–Kier alpha value is -2.53. The highest BCUT2D eigenvalue weighted by Gasteiger charge is 2.21. The van der Waals surface area contributed by atoms with E-state index in [0.717, 1.165) is 12.8 Å². The molecule has 2 aromatic rings. The Kier molecular flexibility index (Phi) is 6.57. The zero-order valence-electron chi connectivity index (χ0n) is 16.1. The highest BCUT2D eigenvalue weighted by molar-refractivity contribution is 6.33. The van der Waals surface area contributed by atoms with Gasteiger partial charge in [0.2, 0.25) is 0 Å². The maximum atomic E-state index is 12.7. The van der Waals surface area contributed by atoms with Crippen molar-refractivity contribution in [2.24, 2.45) is 0 Å². The third-order valence-electron chi connectivity index (χ3n) is 4.91. The first kappa shape index (κ1) is 20.2. The van der Waals surface area contributed by atoms with Crippen LogP contribution in [-0.2, 0) is 22.4 Å². The van der Waals surface area contributed by atoms with Crippen molar-refractivity contribution in [2.45, 2.75) is 45.1 Å². The summed E-state index contributed by atoms with van der Waals surface area (Å²) in [5.74, 6) is -0.120. The Bertz CT molecular complexity index is 881. The lowest BCUT2D eigenvalue weighted by molar-refractivity contribution is -0.122. The van der Waals surface area contributed by atoms with E-state index in [1.54, 1.807) is 12.1 Å². The van der Waals surface area contributed by atoms with Gasteiger partial charge in [0.25, 0.3) is 5.91 Å². The number of anilines is 1. The number of amides is 1. The number of carbonyl (C=O) groups is 2. The van der Waals surface area contributed by atoms with Crippen LogP contribution in [0.4, 0.5) is 5.69 Å². The second kappa shape index (κ2) is 9.11. The van der Waals surface area contributed by atoms with Crippen molar-refractivity contribution in [1.29, 1.82) is 0 Å². The molecule has 1 aliphatic rings. The minimum atomic E-state index is -0.667. The van der Waals surface area contributed by atoms with Crippen LogP contribution in [-0.4, -0.2) is 25.1 Å². The third kappa shape index (κ3) is 4.65. The number of carbonyl (C=O) groups excluding carboxylic acids is 2. The molecule has 0 unspecified atom stereocenters. The molecule has 3 rings (SSSR count). The molecule has 0 bridgehead atoms. The molecule has 1 atom stereocenters. The van der Waals surface area contributed by atoms with Gasteiger partial charge in [-0.25, -0.2) is 4.79 Å². The van der Waals surface area contributed by atoms with Crippen LogP contribution in [0.3, 0.4) is 0 Å². The van der Waals surface area contributed by atoms with E-state index in [1.807, 2.05) is 19.1 Å². The van der Waals surface area contributed by atoms with E-state index in [-0.39, 0.29) is 5.91 Å². The molecule has 0 saturated heterocycles. The molecule has 2 aromatic carbocycles. The van der Waals surface area contributed by atoms with Crippen molar-refractivity contribution in [1.82, 2.24) is 0 Å². The van der Waals surface area contributed by atoms with Gasteiger partial charge >= 0.3 is 5.97 Å². The van der Waals surface area contributed by atoms with E-state index in [0.29, 0.717) is 28.4 Å². The zero-order valence-corrected chi connectivity index (χ0v) is 16.8. The van der Waals surface area contributed by atoms with Crippen LogP contribution in [0, 0.1) is 0 Å². The standard InChI is InChI=1S/C22H24ClNO4/c1-3-20(28-17-10-8-14-6-4-5-7-15(14)12-17)21(25)24-19-13-16(22(26)27-2)9-11-18(19)23/h8-13,20H,3-7H2,1-2H3,(H,24,25)/t20-/m1/s1. The van der Waals surface area contributed by atoms with Gasteiger partial charge in [-0.3, -0.25) is 4.79 Å². The summed E-state index contributed by atoms with van der Waals surface area (Å²) in [6.07, 6.45) is 4.38. The largest absolute Gasteiger partial charge is 0.481 e. The summed E-state index contributed by atoms with van der Waals surface area (Å²) in [6.45, 7) is 1.88. The summed E-state index contributed by atoms with van der Waals surface area (Å²) in [4.78, 5) is 24.4. The first-order valence-corrected chi connectivity index (χ1v) is 9.86. The lowest BCUT2D eigenvalue weighted by atomic mass is 9.92. The second-order valence-electron chi connectivity index (χ2n) is 6.83. The highest BCUT2D eigenvalue weighted by atomic mass is 35.5. The first-order chi connectivity index (χ1) is 13.5. The van der Waals surface area contributed by atoms with Gasteiger partial charge in [0.1, 0.15) is 5.75 Å². The molecule has 0 aromatic heterocycles. The fourth-order valence-electron chi connectivity index (χ4n) is 3.35. The number of hydrogen-bond donors (Lipinski definition) is 1. The Balaban J connectivity index is 1.73. The Morgan fingerprint density at radius 1 is 1.11 bits per heavy atom. The predicted molar refractivity (Wildman–Crippen MR) is 109 cm³/mol. The lowest BCUT2D eigenvalue weighted by Crippen LogP contribution is -2.32. The van der Waals surface area contributed by atoms with E-state index in [2.05, 4.69) is 11.4 Å². The fourth-order valence-corrected chi connectivity index (χ4v) is 3.51. The molecule has 0 heterocycles. The van der Waals surface area contributed by atoms with Crippen LogP contribution in [0.1, 0.15) is 47.7 Å². The maximum Gasteiger partial charge on any atom is 0.337 e. The number of halogens is 1. The van der Waals surface area contributed by atoms with Crippen molar-refractivity contribution in [3.8, 4) is 5.75 Å². The van der Waals surface area contributed by atoms with Crippen LogP contribution in [0.5, 0.6) is 5.75 Å². The molecule has 1 amide bonds. The van der Waals surface area contributed by atoms with E-state index >= 15 is 0 Å². The molecule has 0 saturated carbocycles. The summed E-state index contributed by atoms with van der Waals surface area (Å²) in [5.41, 5.74) is 3.32. The summed E-state index contributed by atoms with van der Waals surface area (Å²) >= 11 is 6.17. The van der Waals surface area contributed by atoms with Gasteiger partial charge in [0.05, 0.1) is 23.4 Å². The number of aryl methyl sites for hydroxylation is 2. The van der Waals surface area contributed by atoms with Crippen LogP contribution in [0.2, 0.25) is 5.02 Å². The minimum Gasteiger partial charge on any atom is -0.481 e. The molecule has 1 N–H and O–H groups in total. The predicted octanol–water partition coefficient (Wildman–Crippen LogP) is 4.80. The minimum absolute atomic E-state index is 0.311. The Labute approximate surface area is 170 Å². The molecule has 0 aliphatic heterocycles. The lowest BCUT2D eigenvalue weighted by Gasteiger charge is -2.21. The first-order valence-electron chi connectivity index (χ1n) is 9.49. The molecule has 0 radical (unpaired) electrons. The zero-order chi connectivity index (χ0) is 20.1. The van der Waals surface area contributed by atoms with Gasteiger partial charge in [0, 0.05) is 0 Å². The van der Waals surface area contributed by atoms with E-state index < -0.39 is 12.1 Å². The quantitative estimate of drug-likeness (QED) is 0.706. The molecular weight excluding hydrogens is 378 g/mol. The monoisotopic (exact) mass is 401 g/mol. The molecule has 1 aliphatic carbocycles. The molecule has 28 heavy (non-hydrogen) atoms. The summed E-state index contributed by atoms with van der Waals surface area (Å²) in [6, 6.07) is 10.6. The van der Waals surface area contributed by atoms with Gasteiger partial charge in [-0.2, -0.15) is 0 Å². The fraction of sp³-hybridized carbons (Fsp3) is 0.364. The highest BCUT2D eigenvalue weighted by Crippen LogP contribution is 2.27. The summed E-state index contributed by atoms with van der Waals surface area (Å²) in [5, 5.41) is 3.10. The summed E-state index contributed by atoms with van der Waals surface area (Å²) in [7, 11) is 1.30. The third-order valence-corrected chi connectivity index (χ3v) is 5.24. The number of nitrogens with one attached hydrogen (secondary N) is 1. The second-order valence-corrected chi connectivity index (χ2v) is 7.24.